The molecule has 0 heterocycles. The fraction of sp³-hybridized carbons (Fsp3) is 0.179. The number of ether oxygens (including phenoxy) is 2. The molecule has 0 atom stereocenters. The molecule has 4 rings (SSSR count). The monoisotopic (exact) mass is 504 g/mol. The number of hydrogen-bond acceptors (Lipinski definition) is 5. The van der Waals surface area contributed by atoms with E-state index in [1.54, 1.807) is 18.2 Å². The molecule has 4 aromatic carbocycles. The molecule has 186 valence electrons. The van der Waals surface area contributed by atoms with Crippen molar-refractivity contribution >= 4 is 38.1 Å². The van der Waals surface area contributed by atoms with Crippen LogP contribution >= 0.6 is 0 Å². The molecule has 0 aromatic heterocycles. The van der Waals surface area contributed by atoms with Crippen LogP contribution in [0, 0.1) is 13.8 Å². The normalized spacial score (nSPS) is 11.2. The molecule has 1 amide bonds. The van der Waals surface area contributed by atoms with Crippen LogP contribution in [0.3, 0.4) is 0 Å². The maximum absolute atomic E-state index is 13.9. The van der Waals surface area contributed by atoms with Gasteiger partial charge in [-0.1, -0.05) is 42.5 Å². The van der Waals surface area contributed by atoms with E-state index in [0.717, 1.165) is 26.2 Å². The van der Waals surface area contributed by atoms with Gasteiger partial charge >= 0.3 is 0 Å². The smallest absolute Gasteiger partial charge is 0.264 e. The van der Waals surface area contributed by atoms with Crippen LogP contribution in [0.2, 0.25) is 0 Å². The molecule has 0 aliphatic rings. The summed E-state index contributed by atoms with van der Waals surface area (Å²) >= 11 is 0. The summed E-state index contributed by atoms with van der Waals surface area (Å²) in [6.07, 6.45) is 0. The van der Waals surface area contributed by atoms with Crippen LogP contribution in [0.1, 0.15) is 11.1 Å². The number of amides is 1. The Morgan fingerprint density at radius 2 is 1.50 bits per heavy atom. The lowest BCUT2D eigenvalue weighted by Crippen LogP contribution is -2.38. The van der Waals surface area contributed by atoms with Crippen LogP contribution in [-0.4, -0.2) is 35.1 Å². The summed E-state index contributed by atoms with van der Waals surface area (Å²) in [6.45, 7) is 3.35. The van der Waals surface area contributed by atoms with Crippen molar-refractivity contribution in [3.05, 3.63) is 90.0 Å². The molecule has 0 spiro atoms. The Hall–Kier alpha value is -4.04. The van der Waals surface area contributed by atoms with Crippen molar-refractivity contribution in [3.8, 4) is 11.5 Å². The van der Waals surface area contributed by atoms with Crippen molar-refractivity contribution in [2.75, 3.05) is 30.4 Å². The maximum Gasteiger partial charge on any atom is 0.264 e. The second-order valence-corrected chi connectivity index (χ2v) is 10.3. The van der Waals surface area contributed by atoms with Crippen LogP contribution in [0.4, 0.5) is 11.4 Å². The van der Waals surface area contributed by atoms with Gasteiger partial charge in [0.05, 0.1) is 24.8 Å². The molecule has 0 aliphatic carbocycles. The van der Waals surface area contributed by atoms with E-state index in [4.69, 9.17) is 9.47 Å². The van der Waals surface area contributed by atoms with Gasteiger partial charge in [0.1, 0.15) is 6.54 Å². The fourth-order valence-corrected chi connectivity index (χ4v) is 5.59. The van der Waals surface area contributed by atoms with Gasteiger partial charge in [0.15, 0.2) is 11.5 Å². The Morgan fingerprint density at radius 3 is 2.19 bits per heavy atom. The second-order valence-electron chi connectivity index (χ2n) is 8.45. The molecule has 0 saturated carbocycles. The highest BCUT2D eigenvalue weighted by molar-refractivity contribution is 7.92. The molecule has 8 heteroatoms. The number of carbonyl (C=O) groups excluding carboxylic acids is 1. The zero-order valence-electron chi connectivity index (χ0n) is 20.6. The molecule has 0 unspecified atom stereocenters. The molecular weight excluding hydrogens is 476 g/mol. The Kier molecular flexibility index (Phi) is 7.17. The summed E-state index contributed by atoms with van der Waals surface area (Å²) in [5.74, 6) is 0.219. The lowest BCUT2D eigenvalue weighted by atomic mass is 10.1. The van der Waals surface area contributed by atoms with Crippen molar-refractivity contribution < 1.29 is 22.7 Å². The summed E-state index contributed by atoms with van der Waals surface area (Å²) in [7, 11) is -1.22. The summed E-state index contributed by atoms with van der Waals surface area (Å²) in [5, 5.41) is 4.73. The number of rotatable bonds is 8. The number of fused-ring (bicyclic) bond motifs is 1. The van der Waals surface area contributed by atoms with Gasteiger partial charge in [-0.15, -0.1) is 0 Å². The number of methoxy groups -OCH3 is 2. The highest BCUT2D eigenvalue weighted by Gasteiger charge is 2.29. The molecule has 0 saturated heterocycles. The first-order chi connectivity index (χ1) is 17.2. The third kappa shape index (κ3) is 5.13. The van der Waals surface area contributed by atoms with Crippen molar-refractivity contribution in [1.29, 1.82) is 0 Å². The van der Waals surface area contributed by atoms with E-state index in [1.165, 1.54) is 32.4 Å². The lowest BCUT2D eigenvalue weighted by Gasteiger charge is -2.25. The van der Waals surface area contributed by atoms with E-state index in [1.807, 2.05) is 56.3 Å². The van der Waals surface area contributed by atoms with Gasteiger partial charge in [-0.2, -0.15) is 0 Å². The topological polar surface area (TPSA) is 84.9 Å². The predicted molar refractivity (Wildman–Crippen MR) is 143 cm³/mol. The van der Waals surface area contributed by atoms with E-state index in [9.17, 15) is 13.2 Å². The Morgan fingerprint density at radius 1 is 0.833 bits per heavy atom. The number of nitrogens with zero attached hydrogens (tertiary/aromatic N) is 1. The Balaban J connectivity index is 1.74. The van der Waals surface area contributed by atoms with Gasteiger partial charge in [0, 0.05) is 17.1 Å². The van der Waals surface area contributed by atoms with Gasteiger partial charge in [0.2, 0.25) is 5.91 Å². The number of benzene rings is 4. The summed E-state index contributed by atoms with van der Waals surface area (Å²) in [5.41, 5.74) is 2.77. The van der Waals surface area contributed by atoms with Crippen LogP contribution in [0.15, 0.2) is 83.8 Å². The lowest BCUT2D eigenvalue weighted by molar-refractivity contribution is -0.114. The molecule has 0 radical (unpaired) electrons. The zero-order chi connectivity index (χ0) is 25.9. The summed E-state index contributed by atoms with van der Waals surface area (Å²) in [4.78, 5) is 13.2. The molecule has 4 aromatic rings. The molecule has 36 heavy (non-hydrogen) atoms. The van der Waals surface area contributed by atoms with Gasteiger partial charge in [0.25, 0.3) is 10.0 Å². The van der Waals surface area contributed by atoms with Gasteiger partial charge in [-0.05, 0) is 60.7 Å². The number of sulfonamides is 1. The summed E-state index contributed by atoms with van der Waals surface area (Å²) in [6, 6.07) is 23.1. The molecule has 0 bridgehead atoms. The fourth-order valence-electron chi connectivity index (χ4n) is 4.17. The average Bonchev–Trinajstić information content (AvgIpc) is 2.86. The van der Waals surface area contributed by atoms with Crippen LogP contribution < -0.4 is 19.1 Å². The van der Waals surface area contributed by atoms with E-state index in [2.05, 4.69) is 5.32 Å². The van der Waals surface area contributed by atoms with Crippen LogP contribution in [0.25, 0.3) is 10.8 Å². The van der Waals surface area contributed by atoms with E-state index < -0.39 is 22.5 Å². The highest BCUT2D eigenvalue weighted by Crippen LogP contribution is 2.33. The van der Waals surface area contributed by atoms with Crippen LogP contribution in [-0.2, 0) is 14.8 Å². The van der Waals surface area contributed by atoms with Crippen molar-refractivity contribution in [3.63, 3.8) is 0 Å². The molecule has 1 N–H and O–H groups in total. The summed E-state index contributed by atoms with van der Waals surface area (Å²) < 4.78 is 39.4. The molecule has 7 nitrogen and oxygen atoms in total. The number of carbonyl (C=O) groups is 1. The Labute approximate surface area is 211 Å². The highest BCUT2D eigenvalue weighted by atomic mass is 32.2. The number of hydrogen-bond donors (Lipinski definition) is 1. The van der Waals surface area contributed by atoms with Crippen LogP contribution in [0.5, 0.6) is 11.5 Å². The number of nitrogens with one attached hydrogen (secondary N) is 1. The third-order valence-electron chi connectivity index (χ3n) is 5.79. The molecule has 0 fully saturated rings. The van der Waals surface area contributed by atoms with E-state index in [0.29, 0.717) is 17.1 Å². The Bertz CT molecular complexity index is 1510. The SMILES string of the molecule is COc1ccc(S(=O)(=O)N(CC(=O)Nc2cccc3ccccc23)c2cc(C)cc(C)c2)cc1OC. The van der Waals surface area contributed by atoms with Gasteiger partial charge in [-0.3, -0.25) is 9.10 Å². The van der Waals surface area contributed by atoms with Gasteiger partial charge < -0.3 is 14.8 Å². The van der Waals surface area contributed by atoms with Crippen molar-refractivity contribution in [2.24, 2.45) is 0 Å². The third-order valence-corrected chi connectivity index (χ3v) is 7.56. The quantitative estimate of drug-likeness (QED) is 0.352. The van der Waals surface area contributed by atoms with E-state index >= 15 is 0 Å². The van der Waals surface area contributed by atoms with E-state index in [-0.39, 0.29) is 10.6 Å². The maximum atomic E-state index is 13.9. The predicted octanol–water partition coefficient (Wildman–Crippen LogP) is 5.31. The second kappa shape index (κ2) is 10.3. The first-order valence-electron chi connectivity index (χ1n) is 11.3. The van der Waals surface area contributed by atoms with Crippen molar-refractivity contribution in [2.45, 2.75) is 18.7 Å². The standard InChI is InChI=1S/C28H28N2O5S/c1-19-14-20(2)16-22(15-19)30(36(32,33)23-12-13-26(34-3)27(17-23)35-4)18-28(31)29-25-11-7-9-21-8-5-6-10-24(21)25/h5-17H,18H2,1-4H3,(H,29,31). The zero-order valence-corrected chi connectivity index (χ0v) is 21.4. The first kappa shape index (κ1) is 25.1. The first-order valence-corrected chi connectivity index (χ1v) is 12.8. The molecule has 0 aliphatic heterocycles. The largest absolute Gasteiger partial charge is 0.493 e. The minimum atomic E-state index is -4.14. The molecular formula is C28H28N2O5S. The number of aryl methyl sites for hydroxylation is 2. The van der Waals surface area contributed by atoms with Gasteiger partial charge in [-0.25, -0.2) is 8.42 Å². The minimum Gasteiger partial charge on any atom is -0.493 e. The number of anilines is 2. The van der Waals surface area contributed by atoms with Crippen molar-refractivity contribution in [1.82, 2.24) is 0 Å². The average molecular weight is 505 g/mol. The minimum absolute atomic E-state index is 0.0164.